The lowest BCUT2D eigenvalue weighted by molar-refractivity contribution is -0.138. The van der Waals surface area contributed by atoms with Gasteiger partial charge in [-0.1, -0.05) is 41.9 Å². The second-order valence-corrected chi connectivity index (χ2v) is 4.78. The first-order chi connectivity index (χ1) is 9.50. The molecule has 0 radical (unpaired) electrons. The lowest BCUT2D eigenvalue weighted by atomic mass is 10.1. The maximum Gasteiger partial charge on any atom is 0.330 e. The summed E-state index contributed by atoms with van der Waals surface area (Å²) in [6.45, 7) is 1.84. The summed E-state index contributed by atoms with van der Waals surface area (Å²) in [6, 6.07) is 10.3. The summed E-state index contributed by atoms with van der Waals surface area (Å²) in [5, 5.41) is 12.1. The van der Waals surface area contributed by atoms with Gasteiger partial charge in [0.05, 0.1) is 5.02 Å². The molecule has 2 aromatic carbocycles. The number of rotatable bonds is 4. The van der Waals surface area contributed by atoms with E-state index in [9.17, 15) is 14.3 Å². The van der Waals surface area contributed by atoms with Crippen LogP contribution in [-0.4, -0.2) is 11.1 Å². The number of carboxylic acid groups (broad SMARTS) is 1. The van der Waals surface area contributed by atoms with Crippen LogP contribution in [0.4, 0.5) is 10.1 Å². The van der Waals surface area contributed by atoms with Gasteiger partial charge in [-0.3, -0.25) is 0 Å². The van der Waals surface area contributed by atoms with E-state index in [0.717, 1.165) is 5.56 Å². The van der Waals surface area contributed by atoms with Gasteiger partial charge in [-0.15, -0.1) is 0 Å². The zero-order valence-corrected chi connectivity index (χ0v) is 11.5. The monoisotopic (exact) mass is 293 g/mol. The van der Waals surface area contributed by atoms with E-state index in [-0.39, 0.29) is 10.6 Å². The molecule has 1 unspecified atom stereocenters. The van der Waals surface area contributed by atoms with E-state index in [2.05, 4.69) is 5.32 Å². The van der Waals surface area contributed by atoms with Crippen LogP contribution in [-0.2, 0) is 4.79 Å². The highest BCUT2D eigenvalue weighted by molar-refractivity contribution is 6.30. The smallest absolute Gasteiger partial charge is 0.330 e. The number of carboxylic acids is 1. The Labute approximate surface area is 121 Å². The fraction of sp³-hybridized carbons (Fsp3) is 0.133. The van der Waals surface area contributed by atoms with Crippen molar-refractivity contribution in [2.75, 3.05) is 5.32 Å². The third kappa shape index (κ3) is 2.91. The molecule has 0 heterocycles. The van der Waals surface area contributed by atoms with E-state index in [1.165, 1.54) is 18.2 Å². The van der Waals surface area contributed by atoms with Crippen LogP contribution in [0.15, 0.2) is 42.5 Å². The van der Waals surface area contributed by atoms with Gasteiger partial charge in [0.15, 0.2) is 6.04 Å². The molecule has 0 aliphatic heterocycles. The summed E-state index contributed by atoms with van der Waals surface area (Å²) in [5.41, 5.74) is 1.52. The molecule has 1 atom stereocenters. The van der Waals surface area contributed by atoms with Gasteiger partial charge in [0.25, 0.3) is 0 Å². The van der Waals surface area contributed by atoms with Crippen LogP contribution in [0.2, 0.25) is 5.02 Å². The van der Waals surface area contributed by atoms with Crippen molar-refractivity contribution in [3.05, 3.63) is 64.4 Å². The van der Waals surface area contributed by atoms with Crippen molar-refractivity contribution in [3.8, 4) is 0 Å². The third-order valence-corrected chi connectivity index (χ3v) is 3.28. The van der Waals surface area contributed by atoms with Gasteiger partial charge < -0.3 is 10.4 Å². The Morgan fingerprint density at radius 2 is 1.95 bits per heavy atom. The molecule has 0 fully saturated rings. The first-order valence-electron chi connectivity index (χ1n) is 5.99. The molecular weight excluding hydrogens is 281 g/mol. The van der Waals surface area contributed by atoms with Gasteiger partial charge in [-0.2, -0.15) is 0 Å². The average molecular weight is 294 g/mol. The Balaban J connectivity index is 2.40. The Morgan fingerprint density at radius 1 is 1.25 bits per heavy atom. The van der Waals surface area contributed by atoms with Gasteiger partial charge in [-0.25, -0.2) is 9.18 Å². The fourth-order valence-corrected chi connectivity index (χ4v) is 2.09. The van der Waals surface area contributed by atoms with Gasteiger partial charge in [0.2, 0.25) is 0 Å². The number of aliphatic carboxylic acids is 1. The third-order valence-electron chi connectivity index (χ3n) is 2.98. The summed E-state index contributed by atoms with van der Waals surface area (Å²) in [4.78, 5) is 11.4. The van der Waals surface area contributed by atoms with Crippen LogP contribution in [0.25, 0.3) is 0 Å². The van der Waals surface area contributed by atoms with Crippen LogP contribution in [0, 0.1) is 12.7 Å². The van der Waals surface area contributed by atoms with Crippen molar-refractivity contribution in [2.24, 2.45) is 0 Å². The zero-order chi connectivity index (χ0) is 14.7. The first-order valence-corrected chi connectivity index (χ1v) is 6.37. The molecular formula is C15H13ClFNO2. The number of halogens is 2. The highest BCUT2D eigenvalue weighted by Gasteiger charge is 2.24. The first kappa shape index (κ1) is 14.3. The van der Waals surface area contributed by atoms with Crippen LogP contribution in [0.1, 0.15) is 17.2 Å². The number of para-hydroxylation sites is 1. The van der Waals surface area contributed by atoms with Crippen LogP contribution >= 0.6 is 11.6 Å². The molecule has 2 aromatic rings. The standard InChI is InChI=1S/C15H13ClFNO2/c1-9-5-2-3-8-12(9)18-14(15(19)20)10-6-4-7-11(16)13(10)17/h2-8,14,18H,1H3,(H,19,20). The predicted molar refractivity (Wildman–Crippen MR) is 76.6 cm³/mol. The molecule has 0 bridgehead atoms. The Hall–Kier alpha value is -2.07. The van der Waals surface area contributed by atoms with Crippen LogP contribution in [0.5, 0.6) is 0 Å². The van der Waals surface area contributed by atoms with Gasteiger partial charge in [-0.05, 0) is 24.6 Å². The number of hydrogen-bond donors (Lipinski definition) is 2. The van der Waals surface area contributed by atoms with E-state index in [1.54, 1.807) is 12.1 Å². The molecule has 104 valence electrons. The van der Waals surface area contributed by atoms with Crippen molar-refractivity contribution in [3.63, 3.8) is 0 Å². The molecule has 5 heteroatoms. The Morgan fingerprint density at radius 3 is 2.60 bits per heavy atom. The quantitative estimate of drug-likeness (QED) is 0.895. The molecule has 20 heavy (non-hydrogen) atoms. The summed E-state index contributed by atoms with van der Waals surface area (Å²) in [7, 11) is 0. The normalized spacial score (nSPS) is 11.9. The Kier molecular flexibility index (Phi) is 4.25. The minimum absolute atomic E-state index is 0.00764. The second-order valence-electron chi connectivity index (χ2n) is 4.37. The maximum atomic E-state index is 14.0. The topological polar surface area (TPSA) is 49.3 Å². The summed E-state index contributed by atoms with van der Waals surface area (Å²) in [6.07, 6.45) is 0. The SMILES string of the molecule is Cc1ccccc1NC(C(=O)O)c1cccc(Cl)c1F. The lowest BCUT2D eigenvalue weighted by Crippen LogP contribution is -2.22. The second kappa shape index (κ2) is 5.92. The molecule has 2 N–H and O–H groups in total. The van der Waals surface area contributed by atoms with Crippen molar-refractivity contribution in [1.29, 1.82) is 0 Å². The number of benzene rings is 2. The summed E-state index contributed by atoms with van der Waals surface area (Å²) >= 11 is 5.70. The molecule has 0 aromatic heterocycles. The lowest BCUT2D eigenvalue weighted by Gasteiger charge is -2.18. The van der Waals surface area contributed by atoms with Gasteiger partial charge in [0, 0.05) is 11.3 Å². The van der Waals surface area contributed by atoms with Gasteiger partial charge in [0.1, 0.15) is 5.82 Å². The summed E-state index contributed by atoms with van der Waals surface area (Å²) in [5.74, 6) is -1.89. The largest absolute Gasteiger partial charge is 0.479 e. The van der Waals surface area contributed by atoms with E-state index in [1.807, 2.05) is 19.1 Å². The number of hydrogen-bond acceptors (Lipinski definition) is 2. The van der Waals surface area contributed by atoms with Crippen molar-refractivity contribution < 1.29 is 14.3 Å². The molecule has 0 spiro atoms. The van der Waals surface area contributed by atoms with Gasteiger partial charge >= 0.3 is 5.97 Å². The highest BCUT2D eigenvalue weighted by Crippen LogP contribution is 2.27. The number of aryl methyl sites for hydroxylation is 1. The molecule has 3 nitrogen and oxygen atoms in total. The van der Waals surface area contributed by atoms with Crippen LogP contribution in [0.3, 0.4) is 0 Å². The zero-order valence-electron chi connectivity index (χ0n) is 10.7. The molecule has 0 aliphatic carbocycles. The Bertz CT molecular complexity index is 646. The minimum Gasteiger partial charge on any atom is -0.479 e. The molecule has 0 saturated carbocycles. The molecule has 0 amide bonds. The van der Waals surface area contributed by atoms with E-state index >= 15 is 0 Å². The van der Waals surface area contributed by atoms with E-state index in [4.69, 9.17) is 11.6 Å². The fourth-order valence-electron chi connectivity index (χ4n) is 1.91. The number of nitrogens with one attached hydrogen (secondary N) is 1. The van der Waals surface area contributed by atoms with Crippen molar-refractivity contribution >= 4 is 23.3 Å². The van der Waals surface area contributed by atoms with Crippen molar-refractivity contribution in [1.82, 2.24) is 0 Å². The maximum absolute atomic E-state index is 14.0. The molecule has 0 saturated heterocycles. The average Bonchev–Trinajstić information content (AvgIpc) is 2.41. The van der Waals surface area contributed by atoms with Crippen molar-refractivity contribution in [2.45, 2.75) is 13.0 Å². The number of anilines is 1. The molecule has 2 rings (SSSR count). The minimum atomic E-state index is -1.20. The highest BCUT2D eigenvalue weighted by atomic mass is 35.5. The van der Waals surface area contributed by atoms with E-state index < -0.39 is 17.8 Å². The summed E-state index contributed by atoms with van der Waals surface area (Å²) < 4.78 is 14.0. The number of carbonyl (C=O) groups is 1. The molecule has 0 aliphatic rings. The predicted octanol–water partition coefficient (Wildman–Crippen LogP) is 4.03. The van der Waals surface area contributed by atoms with E-state index in [0.29, 0.717) is 5.69 Å². The van der Waals surface area contributed by atoms with Crippen LogP contribution < -0.4 is 5.32 Å².